The Hall–Kier alpha value is -1.93. The molecule has 7 heteroatoms. The van der Waals surface area contributed by atoms with Gasteiger partial charge in [0.1, 0.15) is 5.75 Å². The molecule has 0 unspecified atom stereocenters. The first-order valence-electron chi connectivity index (χ1n) is 9.00. The minimum absolute atomic E-state index is 0.241. The van der Waals surface area contributed by atoms with Gasteiger partial charge in [0, 0.05) is 26.2 Å². The summed E-state index contributed by atoms with van der Waals surface area (Å²) in [6, 6.07) is 12.9. The van der Waals surface area contributed by atoms with Gasteiger partial charge in [-0.25, -0.2) is 13.1 Å². The summed E-state index contributed by atoms with van der Waals surface area (Å²) < 4.78 is 38.4. The lowest BCUT2D eigenvalue weighted by Crippen LogP contribution is -2.35. The molecule has 0 atom stereocenters. The fourth-order valence-electron chi connectivity index (χ4n) is 3.14. The molecule has 6 nitrogen and oxygen atoms in total. The Labute approximate surface area is 161 Å². The standard InChI is InChI=1S/C20H26N2O4S/c1-16-12-19(6-7-20(16)25-2)27(23,24)21-14-17-4-3-5-18(13-17)15-22-8-10-26-11-9-22/h3-7,12-13,21H,8-11,14-15H2,1-2H3. The zero-order valence-corrected chi connectivity index (χ0v) is 16.6. The maximum Gasteiger partial charge on any atom is 0.240 e. The minimum atomic E-state index is -3.58. The van der Waals surface area contributed by atoms with Crippen molar-refractivity contribution in [3.8, 4) is 5.75 Å². The fraction of sp³-hybridized carbons (Fsp3) is 0.400. The maximum absolute atomic E-state index is 12.6. The van der Waals surface area contributed by atoms with Crippen LogP contribution in [0.3, 0.4) is 0 Å². The Morgan fingerprint density at radius 1 is 1.11 bits per heavy atom. The number of hydrogen-bond donors (Lipinski definition) is 1. The lowest BCUT2D eigenvalue weighted by molar-refractivity contribution is 0.0342. The van der Waals surface area contributed by atoms with Gasteiger partial charge in [-0.15, -0.1) is 0 Å². The van der Waals surface area contributed by atoms with Crippen LogP contribution in [0.5, 0.6) is 5.75 Å². The zero-order chi connectivity index (χ0) is 19.3. The maximum atomic E-state index is 12.6. The SMILES string of the molecule is COc1ccc(S(=O)(=O)NCc2cccc(CN3CCOCC3)c2)cc1C. The van der Waals surface area contributed by atoms with E-state index < -0.39 is 10.0 Å². The summed E-state index contributed by atoms with van der Waals surface area (Å²) >= 11 is 0. The number of rotatable bonds is 7. The van der Waals surface area contributed by atoms with E-state index in [4.69, 9.17) is 9.47 Å². The normalized spacial score (nSPS) is 15.6. The highest BCUT2D eigenvalue weighted by atomic mass is 32.2. The van der Waals surface area contributed by atoms with E-state index in [2.05, 4.69) is 21.8 Å². The third kappa shape index (κ3) is 5.29. The number of ether oxygens (including phenoxy) is 2. The van der Waals surface area contributed by atoms with Crippen molar-refractivity contribution in [3.63, 3.8) is 0 Å². The van der Waals surface area contributed by atoms with Gasteiger partial charge in [0.2, 0.25) is 10.0 Å². The molecule has 1 heterocycles. The smallest absolute Gasteiger partial charge is 0.240 e. The van der Waals surface area contributed by atoms with Gasteiger partial charge in [-0.05, 0) is 41.8 Å². The highest BCUT2D eigenvalue weighted by Crippen LogP contribution is 2.21. The van der Waals surface area contributed by atoms with Crippen molar-refractivity contribution >= 4 is 10.0 Å². The van der Waals surface area contributed by atoms with Crippen molar-refractivity contribution in [1.82, 2.24) is 9.62 Å². The molecule has 0 bridgehead atoms. The van der Waals surface area contributed by atoms with Crippen molar-refractivity contribution < 1.29 is 17.9 Å². The third-order valence-corrected chi connectivity index (χ3v) is 6.04. The van der Waals surface area contributed by atoms with E-state index in [1.54, 1.807) is 25.3 Å². The molecule has 0 radical (unpaired) electrons. The second-order valence-electron chi connectivity index (χ2n) is 6.66. The van der Waals surface area contributed by atoms with Crippen LogP contribution in [0.15, 0.2) is 47.4 Å². The Morgan fingerprint density at radius 3 is 2.56 bits per heavy atom. The van der Waals surface area contributed by atoms with E-state index in [0.717, 1.165) is 44.0 Å². The van der Waals surface area contributed by atoms with Crippen LogP contribution in [0.1, 0.15) is 16.7 Å². The largest absolute Gasteiger partial charge is 0.496 e. The quantitative estimate of drug-likeness (QED) is 0.786. The van der Waals surface area contributed by atoms with Crippen LogP contribution in [0.4, 0.5) is 0 Å². The summed E-state index contributed by atoms with van der Waals surface area (Å²) in [5, 5.41) is 0. The van der Waals surface area contributed by atoms with Crippen LogP contribution >= 0.6 is 0 Å². The van der Waals surface area contributed by atoms with E-state index in [0.29, 0.717) is 5.75 Å². The molecular weight excluding hydrogens is 364 g/mol. The van der Waals surface area contributed by atoms with Crippen molar-refractivity contribution in [2.45, 2.75) is 24.9 Å². The van der Waals surface area contributed by atoms with Crippen molar-refractivity contribution in [3.05, 3.63) is 59.2 Å². The Morgan fingerprint density at radius 2 is 1.85 bits per heavy atom. The van der Waals surface area contributed by atoms with Gasteiger partial charge < -0.3 is 9.47 Å². The number of nitrogens with one attached hydrogen (secondary N) is 1. The van der Waals surface area contributed by atoms with Gasteiger partial charge >= 0.3 is 0 Å². The number of aryl methyl sites for hydroxylation is 1. The molecule has 1 N–H and O–H groups in total. The molecule has 2 aromatic rings. The lowest BCUT2D eigenvalue weighted by atomic mass is 10.1. The van der Waals surface area contributed by atoms with Gasteiger partial charge in [-0.1, -0.05) is 24.3 Å². The Bertz CT molecular complexity index is 877. The lowest BCUT2D eigenvalue weighted by Gasteiger charge is -2.26. The molecule has 2 aromatic carbocycles. The molecule has 0 saturated carbocycles. The number of methoxy groups -OCH3 is 1. The minimum Gasteiger partial charge on any atom is -0.496 e. The summed E-state index contributed by atoms with van der Waals surface area (Å²) in [4.78, 5) is 2.58. The van der Waals surface area contributed by atoms with Gasteiger partial charge in [-0.2, -0.15) is 0 Å². The molecule has 1 aliphatic heterocycles. The van der Waals surface area contributed by atoms with Gasteiger partial charge in [-0.3, -0.25) is 4.90 Å². The van der Waals surface area contributed by atoms with E-state index in [1.807, 2.05) is 19.1 Å². The first-order chi connectivity index (χ1) is 13.0. The molecule has 146 valence electrons. The molecule has 3 rings (SSSR count). The number of hydrogen-bond acceptors (Lipinski definition) is 5. The number of sulfonamides is 1. The molecule has 0 aliphatic carbocycles. The molecule has 1 fully saturated rings. The number of nitrogens with zero attached hydrogens (tertiary/aromatic N) is 1. The number of benzene rings is 2. The third-order valence-electron chi connectivity index (χ3n) is 4.64. The van der Waals surface area contributed by atoms with Crippen LogP contribution in [0.25, 0.3) is 0 Å². The van der Waals surface area contributed by atoms with Crippen molar-refractivity contribution in [1.29, 1.82) is 0 Å². The Balaban J connectivity index is 1.65. The van der Waals surface area contributed by atoms with Gasteiger partial charge in [0.05, 0.1) is 25.2 Å². The molecule has 1 saturated heterocycles. The molecule has 0 spiro atoms. The van der Waals surface area contributed by atoms with E-state index >= 15 is 0 Å². The summed E-state index contributed by atoms with van der Waals surface area (Å²) in [5.74, 6) is 0.671. The van der Waals surface area contributed by atoms with E-state index in [1.165, 1.54) is 5.56 Å². The zero-order valence-electron chi connectivity index (χ0n) is 15.8. The second kappa shape index (κ2) is 8.84. The summed E-state index contributed by atoms with van der Waals surface area (Å²) in [5.41, 5.74) is 2.90. The summed E-state index contributed by atoms with van der Waals surface area (Å²) in [6.45, 7) is 6.31. The summed E-state index contributed by atoms with van der Waals surface area (Å²) in [7, 11) is -2.01. The van der Waals surface area contributed by atoms with E-state index in [-0.39, 0.29) is 11.4 Å². The predicted octanol–water partition coefficient (Wildman–Crippen LogP) is 2.31. The van der Waals surface area contributed by atoms with Gasteiger partial charge in [0.25, 0.3) is 0 Å². The molecule has 27 heavy (non-hydrogen) atoms. The van der Waals surface area contributed by atoms with Crippen LogP contribution in [-0.2, 0) is 27.8 Å². The Kier molecular flexibility index (Phi) is 6.49. The first-order valence-corrected chi connectivity index (χ1v) is 10.5. The fourth-order valence-corrected chi connectivity index (χ4v) is 4.24. The molecule has 0 aromatic heterocycles. The second-order valence-corrected chi connectivity index (χ2v) is 8.43. The van der Waals surface area contributed by atoms with Crippen LogP contribution in [0, 0.1) is 6.92 Å². The van der Waals surface area contributed by atoms with E-state index in [9.17, 15) is 8.42 Å². The van der Waals surface area contributed by atoms with Crippen LogP contribution in [0.2, 0.25) is 0 Å². The van der Waals surface area contributed by atoms with Crippen LogP contribution < -0.4 is 9.46 Å². The monoisotopic (exact) mass is 390 g/mol. The molecular formula is C20H26N2O4S. The average Bonchev–Trinajstić information content (AvgIpc) is 2.67. The summed E-state index contributed by atoms with van der Waals surface area (Å²) in [6.07, 6.45) is 0. The topological polar surface area (TPSA) is 67.9 Å². The van der Waals surface area contributed by atoms with Crippen molar-refractivity contribution in [2.75, 3.05) is 33.4 Å². The average molecular weight is 391 g/mol. The predicted molar refractivity (Wildman–Crippen MR) is 104 cm³/mol. The van der Waals surface area contributed by atoms with Crippen LogP contribution in [-0.4, -0.2) is 46.7 Å². The number of morpholine rings is 1. The highest BCUT2D eigenvalue weighted by molar-refractivity contribution is 7.89. The first kappa shape index (κ1) is 19.8. The highest BCUT2D eigenvalue weighted by Gasteiger charge is 2.16. The van der Waals surface area contributed by atoms with Gasteiger partial charge in [0.15, 0.2) is 0 Å². The van der Waals surface area contributed by atoms with Crippen molar-refractivity contribution in [2.24, 2.45) is 0 Å². The molecule has 0 amide bonds. The molecule has 1 aliphatic rings.